The maximum absolute atomic E-state index is 13.5. The summed E-state index contributed by atoms with van der Waals surface area (Å²) in [5.41, 5.74) is 0.871. The van der Waals surface area contributed by atoms with E-state index >= 15 is 0 Å². The van der Waals surface area contributed by atoms with Gasteiger partial charge in [-0.25, -0.2) is 13.8 Å². The minimum absolute atomic E-state index is 0.0620. The van der Waals surface area contributed by atoms with Gasteiger partial charge in [0, 0.05) is 11.1 Å². The summed E-state index contributed by atoms with van der Waals surface area (Å²) in [5, 5.41) is 18.6. The number of carbonyl (C=O) groups excluding carboxylic acids is 1. The first-order valence-corrected chi connectivity index (χ1v) is 6.95. The number of ketones is 1. The molecule has 24 heavy (non-hydrogen) atoms. The highest BCUT2D eigenvalue weighted by atomic mass is 19.1. The molecule has 0 saturated carbocycles. The van der Waals surface area contributed by atoms with Crippen LogP contribution in [0.2, 0.25) is 0 Å². The Labute approximate surface area is 135 Å². The van der Waals surface area contributed by atoms with Gasteiger partial charge in [-0.1, -0.05) is 6.07 Å². The van der Waals surface area contributed by atoms with Crippen LogP contribution in [0.15, 0.2) is 54.6 Å². The Morgan fingerprint density at radius 2 is 1.67 bits per heavy atom. The molecule has 0 fully saturated rings. The highest BCUT2D eigenvalue weighted by molar-refractivity contribution is 6.08. The Morgan fingerprint density at radius 3 is 2.38 bits per heavy atom. The van der Waals surface area contributed by atoms with Crippen molar-refractivity contribution in [2.45, 2.75) is 0 Å². The quantitative estimate of drug-likeness (QED) is 0.720. The number of hydrogen-bond donors (Lipinski definition) is 2. The highest BCUT2D eigenvalue weighted by Crippen LogP contribution is 2.24. The lowest BCUT2D eigenvalue weighted by Gasteiger charge is -2.06. The molecule has 6 heteroatoms. The SMILES string of the molecule is O=C(c1ccc(F)c(O)c1)c1cccc(-c2ccc(O)c(F)c2)n1. The second kappa shape index (κ2) is 6.08. The van der Waals surface area contributed by atoms with Crippen LogP contribution >= 0.6 is 0 Å². The normalized spacial score (nSPS) is 10.6. The summed E-state index contributed by atoms with van der Waals surface area (Å²) in [5.74, 6) is -3.24. The van der Waals surface area contributed by atoms with E-state index in [4.69, 9.17) is 0 Å². The molecule has 3 rings (SSSR count). The average molecular weight is 327 g/mol. The number of carbonyl (C=O) groups is 1. The Hall–Kier alpha value is -3.28. The van der Waals surface area contributed by atoms with E-state index < -0.39 is 28.9 Å². The number of phenolic OH excluding ortho intramolecular Hbond substituents is 2. The molecule has 1 heterocycles. The van der Waals surface area contributed by atoms with Crippen molar-refractivity contribution in [3.8, 4) is 22.8 Å². The van der Waals surface area contributed by atoms with Crippen molar-refractivity contribution in [3.63, 3.8) is 0 Å². The molecule has 4 nitrogen and oxygen atoms in total. The van der Waals surface area contributed by atoms with Gasteiger partial charge < -0.3 is 10.2 Å². The van der Waals surface area contributed by atoms with E-state index in [9.17, 15) is 23.8 Å². The molecule has 3 aromatic rings. The molecule has 2 N–H and O–H groups in total. The van der Waals surface area contributed by atoms with E-state index in [1.807, 2.05) is 0 Å². The molecule has 1 aromatic heterocycles. The van der Waals surface area contributed by atoms with E-state index in [2.05, 4.69) is 4.98 Å². The maximum Gasteiger partial charge on any atom is 0.211 e. The molecule has 0 atom stereocenters. The summed E-state index contributed by atoms with van der Waals surface area (Å²) in [6.45, 7) is 0. The van der Waals surface area contributed by atoms with Crippen LogP contribution in [-0.2, 0) is 0 Å². The van der Waals surface area contributed by atoms with E-state index in [1.54, 1.807) is 12.1 Å². The van der Waals surface area contributed by atoms with Crippen molar-refractivity contribution in [1.82, 2.24) is 4.98 Å². The minimum atomic E-state index is -0.826. The average Bonchev–Trinajstić information content (AvgIpc) is 2.59. The van der Waals surface area contributed by atoms with Crippen molar-refractivity contribution in [2.75, 3.05) is 0 Å². The van der Waals surface area contributed by atoms with Crippen molar-refractivity contribution in [3.05, 3.63) is 77.5 Å². The van der Waals surface area contributed by atoms with E-state index in [-0.39, 0.29) is 11.3 Å². The fourth-order valence-corrected chi connectivity index (χ4v) is 2.19. The number of aromatic nitrogens is 1. The topological polar surface area (TPSA) is 70.4 Å². The van der Waals surface area contributed by atoms with Crippen LogP contribution in [0.4, 0.5) is 8.78 Å². The van der Waals surface area contributed by atoms with Crippen molar-refractivity contribution in [1.29, 1.82) is 0 Å². The molecule has 120 valence electrons. The molecule has 0 bridgehead atoms. The Bertz CT molecular complexity index is 941. The summed E-state index contributed by atoms with van der Waals surface area (Å²) in [4.78, 5) is 16.6. The van der Waals surface area contributed by atoms with Gasteiger partial charge in [0.2, 0.25) is 5.78 Å². The van der Waals surface area contributed by atoms with Gasteiger partial charge in [-0.2, -0.15) is 0 Å². The fraction of sp³-hybridized carbons (Fsp3) is 0. The lowest BCUT2D eigenvalue weighted by Crippen LogP contribution is -2.05. The van der Waals surface area contributed by atoms with Crippen LogP contribution in [0, 0.1) is 11.6 Å². The lowest BCUT2D eigenvalue weighted by molar-refractivity contribution is 0.103. The molecule has 2 aromatic carbocycles. The number of nitrogens with zero attached hydrogens (tertiary/aromatic N) is 1. The van der Waals surface area contributed by atoms with Crippen molar-refractivity contribution >= 4 is 5.78 Å². The Balaban J connectivity index is 1.99. The molecule has 0 aliphatic heterocycles. The predicted molar refractivity (Wildman–Crippen MR) is 82.8 cm³/mol. The monoisotopic (exact) mass is 327 g/mol. The summed E-state index contributed by atoms with van der Waals surface area (Å²) >= 11 is 0. The number of benzene rings is 2. The van der Waals surface area contributed by atoms with Crippen LogP contribution in [0.25, 0.3) is 11.3 Å². The predicted octanol–water partition coefficient (Wildman–Crippen LogP) is 3.67. The molecule has 0 saturated heterocycles. The second-order valence-corrected chi connectivity index (χ2v) is 5.07. The first-order chi connectivity index (χ1) is 11.5. The van der Waals surface area contributed by atoms with Crippen molar-refractivity contribution in [2.24, 2.45) is 0 Å². The lowest BCUT2D eigenvalue weighted by atomic mass is 10.1. The second-order valence-electron chi connectivity index (χ2n) is 5.07. The first-order valence-electron chi connectivity index (χ1n) is 6.95. The maximum atomic E-state index is 13.5. The third-order valence-corrected chi connectivity index (χ3v) is 3.43. The standard InChI is InChI=1S/C18H11F2NO3/c19-12-6-4-11(9-17(12)23)18(24)15-3-1-2-14(21-15)10-5-7-16(22)13(20)8-10/h1-9,22-23H. The van der Waals surface area contributed by atoms with Crippen LogP contribution in [0.3, 0.4) is 0 Å². The molecule has 0 radical (unpaired) electrons. The number of halogens is 2. The van der Waals surface area contributed by atoms with Gasteiger partial charge in [-0.3, -0.25) is 4.79 Å². The summed E-state index contributed by atoms with van der Waals surface area (Å²) in [7, 11) is 0. The first kappa shape index (κ1) is 15.6. The fourth-order valence-electron chi connectivity index (χ4n) is 2.19. The Kier molecular flexibility index (Phi) is 3.95. The molecule has 0 unspecified atom stereocenters. The summed E-state index contributed by atoms with van der Waals surface area (Å²) < 4.78 is 26.6. The number of rotatable bonds is 3. The van der Waals surface area contributed by atoms with E-state index in [0.717, 1.165) is 18.2 Å². The van der Waals surface area contributed by atoms with E-state index in [1.165, 1.54) is 24.3 Å². The number of phenols is 2. The third kappa shape index (κ3) is 2.94. The van der Waals surface area contributed by atoms with Gasteiger partial charge in [0.15, 0.2) is 23.1 Å². The molecular weight excluding hydrogens is 316 g/mol. The van der Waals surface area contributed by atoms with Gasteiger partial charge in [0.25, 0.3) is 0 Å². The number of hydrogen-bond acceptors (Lipinski definition) is 4. The summed E-state index contributed by atoms with van der Waals surface area (Å²) in [6.07, 6.45) is 0. The molecule has 0 amide bonds. The van der Waals surface area contributed by atoms with Crippen LogP contribution in [0.1, 0.15) is 16.1 Å². The molecular formula is C18H11F2NO3. The van der Waals surface area contributed by atoms with Gasteiger partial charge >= 0.3 is 0 Å². The van der Waals surface area contributed by atoms with Gasteiger partial charge in [0.1, 0.15) is 5.69 Å². The zero-order valence-corrected chi connectivity index (χ0v) is 12.2. The largest absolute Gasteiger partial charge is 0.505 e. The van der Waals surface area contributed by atoms with Crippen LogP contribution < -0.4 is 0 Å². The van der Waals surface area contributed by atoms with Crippen LogP contribution in [0.5, 0.6) is 11.5 Å². The highest BCUT2D eigenvalue weighted by Gasteiger charge is 2.14. The minimum Gasteiger partial charge on any atom is -0.505 e. The van der Waals surface area contributed by atoms with Gasteiger partial charge in [0.05, 0.1) is 5.69 Å². The van der Waals surface area contributed by atoms with Crippen molar-refractivity contribution < 1.29 is 23.8 Å². The zero-order valence-electron chi connectivity index (χ0n) is 12.2. The molecule has 0 aliphatic rings. The number of aromatic hydroxyl groups is 2. The molecule has 0 aliphatic carbocycles. The number of pyridine rings is 1. The summed E-state index contributed by atoms with van der Waals surface area (Å²) in [6, 6.07) is 11.6. The zero-order chi connectivity index (χ0) is 17.3. The van der Waals surface area contributed by atoms with Gasteiger partial charge in [-0.05, 0) is 48.5 Å². The van der Waals surface area contributed by atoms with Gasteiger partial charge in [-0.15, -0.1) is 0 Å². The third-order valence-electron chi connectivity index (χ3n) is 3.43. The Morgan fingerprint density at radius 1 is 0.875 bits per heavy atom. The van der Waals surface area contributed by atoms with Crippen LogP contribution in [-0.4, -0.2) is 21.0 Å². The molecule has 0 spiro atoms. The smallest absolute Gasteiger partial charge is 0.211 e. The van der Waals surface area contributed by atoms with E-state index in [0.29, 0.717) is 11.3 Å².